The average molecular weight is 306 g/mol. The molecule has 0 heterocycles. The van der Waals surface area contributed by atoms with Crippen LogP contribution in [0.3, 0.4) is 0 Å². The normalized spacial score (nSPS) is 10.5. The summed E-state index contributed by atoms with van der Waals surface area (Å²) in [7, 11) is 0. The minimum Gasteiger partial charge on any atom is -0.381 e. The number of carbonyl (C=O) groups is 2. The number of benzene rings is 1. The van der Waals surface area contributed by atoms with Gasteiger partial charge in [0, 0.05) is 19.8 Å². The summed E-state index contributed by atoms with van der Waals surface area (Å²) in [5.41, 5.74) is 0.933. The molecule has 0 radical (unpaired) electrons. The van der Waals surface area contributed by atoms with Crippen molar-refractivity contribution in [3.05, 3.63) is 35.9 Å². The fraction of sp³-hybridized carbons (Fsp3) is 0.529. The molecule has 0 spiro atoms. The standard InChI is InChI=1S/C17H26N2O3/c1-14(2)13-22-10-6-9-18-17(21)12-19-16(20)11-15-7-4-3-5-8-15/h3-5,7-8,14H,6,9-13H2,1-2H3,(H,18,21)(H,19,20). The van der Waals surface area contributed by atoms with E-state index in [1.165, 1.54) is 0 Å². The van der Waals surface area contributed by atoms with E-state index < -0.39 is 0 Å². The molecule has 0 unspecified atom stereocenters. The molecule has 0 fully saturated rings. The molecule has 0 aliphatic rings. The van der Waals surface area contributed by atoms with E-state index in [0.29, 0.717) is 19.1 Å². The van der Waals surface area contributed by atoms with Gasteiger partial charge in [0.05, 0.1) is 13.0 Å². The lowest BCUT2D eigenvalue weighted by Gasteiger charge is -2.08. The van der Waals surface area contributed by atoms with Crippen molar-refractivity contribution in [3.8, 4) is 0 Å². The molecule has 0 aliphatic carbocycles. The molecule has 2 N–H and O–H groups in total. The molecule has 1 aromatic carbocycles. The highest BCUT2D eigenvalue weighted by Gasteiger charge is 2.06. The van der Waals surface area contributed by atoms with E-state index in [9.17, 15) is 9.59 Å². The van der Waals surface area contributed by atoms with Crippen molar-refractivity contribution in [1.29, 1.82) is 0 Å². The first-order valence-electron chi connectivity index (χ1n) is 7.73. The lowest BCUT2D eigenvalue weighted by molar-refractivity contribution is -0.125. The van der Waals surface area contributed by atoms with Crippen LogP contribution in [0.4, 0.5) is 0 Å². The molecule has 1 rings (SSSR count). The van der Waals surface area contributed by atoms with Gasteiger partial charge in [-0.1, -0.05) is 44.2 Å². The fourth-order valence-corrected chi connectivity index (χ4v) is 1.81. The van der Waals surface area contributed by atoms with Crippen molar-refractivity contribution in [2.45, 2.75) is 26.7 Å². The third-order valence-corrected chi connectivity index (χ3v) is 2.89. The third kappa shape index (κ3) is 9.13. The van der Waals surface area contributed by atoms with Crippen molar-refractivity contribution >= 4 is 11.8 Å². The summed E-state index contributed by atoms with van der Waals surface area (Å²) in [6.45, 7) is 6.14. The topological polar surface area (TPSA) is 67.4 Å². The molecule has 5 nitrogen and oxygen atoms in total. The van der Waals surface area contributed by atoms with E-state index in [-0.39, 0.29) is 24.8 Å². The zero-order valence-electron chi connectivity index (χ0n) is 13.4. The first-order valence-corrected chi connectivity index (χ1v) is 7.73. The molecule has 0 aliphatic heterocycles. The molecule has 2 amide bonds. The number of rotatable bonds is 10. The quantitative estimate of drug-likeness (QED) is 0.644. The van der Waals surface area contributed by atoms with Crippen molar-refractivity contribution in [2.24, 2.45) is 5.92 Å². The minimum absolute atomic E-state index is 0.0124. The smallest absolute Gasteiger partial charge is 0.239 e. The Hall–Kier alpha value is -1.88. The fourth-order valence-electron chi connectivity index (χ4n) is 1.81. The van der Waals surface area contributed by atoms with Gasteiger partial charge < -0.3 is 15.4 Å². The number of amides is 2. The Morgan fingerprint density at radius 1 is 1.09 bits per heavy atom. The number of nitrogens with one attached hydrogen (secondary N) is 2. The van der Waals surface area contributed by atoms with Gasteiger partial charge in [-0.2, -0.15) is 0 Å². The molecule has 0 saturated carbocycles. The Kier molecular flexibility index (Phi) is 8.91. The van der Waals surface area contributed by atoms with E-state index >= 15 is 0 Å². The number of hydrogen-bond donors (Lipinski definition) is 2. The highest BCUT2D eigenvalue weighted by Crippen LogP contribution is 1.98. The van der Waals surface area contributed by atoms with Crippen LogP contribution in [0.25, 0.3) is 0 Å². The van der Waals surface area contributed by atoms with Gasteiger partial charge in [0.15, 0.2) is 0 Å². The van der Waals surface area contributed by atoms with Gasteiger partial charge in [-0.3, -0.25) is 9.59 Å². The second-order valence-corrected chi connectivity index (χ2v) is 5.61. The van der Waals surface area contributed by atoms with Crippen LogP contribution < -0.4 is 10.6 Å². The zero-order valence-corrected chi connectivity index (χ0v) is 13.4. The van der Waals surface area contributed by atoms with Gasteiger partial charge in [0.2, 0.25) is 11.8 Å². The number of hydrogen-bond acceptors (Lipinski definition) is 3. The summed E-state index contributed by atoms with van der Waals surface area (Å²) in [5, 5.41) is 5.37. The highest BCUT2D eigenvalue weighted by molar-refractivity contribution is 5.85. The Bertz CT molecular complexity index is 446. The molecule has 0 saturated heterocycles. The maximum atomic E-state index is 11.7. The zero-order chi connectivity index (χ0) is 16.2. The van der Waals surface area contributed by atoms with Gasteiger partial charge >= 0.3 is 0 Å². The van der Waals surface area contributed by atoms with E-state index in [4.69, 9.17) is 4.74 Å². The molecular formula is C17H26N2O3. The molecule has 0 bridgehead atoms. The summed E-state index contributed by atoms with van der Waals surface area (Å²) in [6.07, 6.45) is 1.06. The molecule has 0 atom stereocenters. The Morgan fingerprint density at radius 3 is 2.50 bits per heavy atom. The van der Waals surface area contributed by atoms with Crippen LogP contribution in [-0.4, -0.2) is 38.1 Å². The summed E-state index contributed by atoms with van der Waals surface area (Å²) >= 11 is 0. The Labute approximate surface area is 132 Å². The largest absolute Gasteiger partial charge is 0.381 e. The van der Waals surface area contributed by atoms with Crippen molar-refractivity contribution in [2.75, 3.05) is 26.3 Å². The Balaban J connectivity index is 2.04. The lowest BCUT2D eigenvalue weighted by atomic mass is 10.1. The van der Waals surface area contributed by atoms with Gasteiger partial charge in [-0.25, -0.2) is 0 Å². The van der Waals surface area contributed by atoms with Crippen LogP contribution >= 0.6 is 0 Å². The summed E-state index contributed by atoms with van der Waals surface area (Å²) in [5.74, 6) is 0.196. The van der Waals surface area contributed by atoms with Crippen LogP contribution in [0.1, 0.15) is 25.8 Å². The summed E-state index contributed by atoms with van der Waals surface area (Å²) in [4.78, 5) is 23.3. The van der Waals surface area contributed by atoms with Gasteiger partial charge in [0.1, 0.15) is 0 Å². The predicted molar refractivity (Wildman–Crippen MR) is 86.4 cm³/mol. The highest BCUT2D eigenvalue weighted by atomic mass is 16.5. The Morgan fingerprint density at radius 2 is 1.82 bits per heavy atom. The van der Waals surface area contributed by atoms with Gasteiger partial charge in [-0.15, -0.1) is 0 Å². The molecule has 122 valence electrons. The maximum Gasteiger partial charge on any atom is 0.239 e. The van der Waals surface area contributed by atoms with Crippen LogP contribution in [0, 0.1) is 5.92 Å². The maximum absolute atomic E-state index is 11.7. The average Bonchev–Trinajstić information content (AvgIpc) is 2.49. The second kappa shape index (κ2) is 10.8. The molecule has 22 heavy (non-hydrogen) atoms. The second-order valence-electron chi connectivity index (χ2n) is 5.61. The summed E-state index contributed by atoms with van der Waals surface area (Å²) < 4.78 is 5.42. The summed E-state index contributed by atoms with van der Waals surface area (Å²) in [6, 6.07) is 9.45. The van der Waals surface area contributed by atoms with Crippen molar-refractivity contribution < 1.29 is 14.3 Å². The minimum atomic E-state index is -0.176. The first kappa shape index (κ1) is 18.2. The molecule has 0 aromatic heterocycles. The number of ether oxygens (including phenoxy) is 1. The van der Waals surface area contributed by atoms with Crippen molar-refractivity contribution in [3.63, 3.8) is 0 Å². The van der Waals surface area contributed by atoms with Crippen LogP contribution in [0.2, 0.25) is 0 Å². The van der Waals surface area contributed by atoms with Gasteiger partial charge in [-0.05, 0) is 17.9 Å². The molecular weight excluding hydrogens is 280 g/mol. The van der Waals surface area contributed by atoms with Gasteiger partial charge in [0.25, 0.3) is 0 Å². The lowest BCUT2D eigenvalue weighted by Crippen LogP contribution is -2.38. The van der Waals surface area contributed by atoms with Crippen LogP contribution in [0.5, 0.6) is 0 Å². The first-order chi connectivity index (χ1) is 10.6. The molecule has 1 aromatic rings. The van der Waals surface area contributed by atoms with E-state index in [2.05, 4.69) is 24.5 Å². The molecule has 5 heteroatoms. The SMILES string of the molecule is CC(C)COCCCNC(=O)CNC(=O)Cc1ccccc1. The third-order valence-electron chi connectivity index (χ3n) is 2.89. The van der Waals surface area contributed by atoms with Crippen LogP contribution in [-0.2, 0) is 20.7 Å². The van der Waals surface area contributed by atoms with Crippen molar-refractivity contribution in [1.82, 2.24) is 10.6 Å². The predicted octanol–water partition coefficient (Wildman–Crippen LogP) is 1.52. The van der Waals surface area contributed by atoms with E-state index in [1.54, 1.807) is 0 Å². The van der Waals surface area contributed by atoms with E-state index in [0.717, 1.165) is 18.6 Å². The van der Waals surface area contributed by atoms with Crippen LogP contribution in [0.15, 0.2) is 30.3 Å². The number of carbonyl (C=O) groups excluding carboxylic acids is 2. The monoisotopic (exact) mass is 306 g/mol. The van der Waals surface area contributed by atoms with E-state index in [1.807, 2.05) is 30.3 Å².